The summed E-state index contributed by atoms with van der Waals surface area (Å²) >= 11 is 3.34. The molecule has 1 amide bonds. The first kappa shape index (κ1) is 20.7. The lowest BCUT2D eigenvalue weighted by Crippen LogP contribution is -2.29. The van der Waals surface area contributed by atoms with Gasteiger partial charge in [-0.15, -0.1) is 0 Å². The van der Waals surface area contributed by atoms with Gasteiger partial charge in [-0.1, -0.05) is 28.1 Å². The Kier molecular flexibility index (Phi) is 5.56. The van der Waals surface area contributed by atoms with Gasteiger partial charge in [0.2, 0.25) is 0 Å². The summed E-state index contributed by atoms with van der Waals surface area (Å²) in [5.74, 6) is -0.660. The van der Waals surface area contributed by atoms with E-state index in [0.717, 1.165) is 4.47 Å². The van der Waals surface area contributed by atoms with Crippen molar-refractivity contribution in [2.24, 2.45) is 0 Å². The van der Waals surface area contributed by atoms with E-state index in [0.29, 0.717) is 28.5 Å². The Morgan fingerprint density at radius 1 is 1.03 bits per heavy atom. The van der Waals surface area contributed by atoms with Crippen LogP contribution in [0, 0.1) is 0 Å². The largest absolute Gasteiger partial charge is 0.507 e. The maximum atomic E-state index is 13.1. The van der Waals surface area contributed by atoms with Crippen LogP contribution in [0.2, 0.25) is 0 Å². The Morgan fingerprint density at radius 3 is 2.35 bits per heavy atom. The zero-order valence-electron chi connectivity index (χ0n) is 16.7. The van der Waals surface area contributed by atoms with Crippen LogP contribution in [-0.2, 0) is 9.59 Å². The fourth-order valence-electron chi connectivity index (χ4n) is 3.55. The van der Waals surface area contributed by atoms with E-state index < -0.39 is 17.7 Å². The Labute approximate surface area is 186 Å². The van der Waals surface area contributed by atoms with Crippen LogP contribution in [0.4, 0.5) is 5.69 Å². The van der Waals surface area contributed by atoms with E-state index >= 15 is 0 Å². The van der Waals surface area contributed by atoms with Gasteiger partial charge in [-0.25, -0.2) is 0 Å². The smallest absolute Gasteiger partial charge is 0.300 e. The number of amides is 1. The number of benzene rings is 2. The molecule has 0 saturated carbocycles. The molecule has 2 heterocycles. The molecule has 31 heavy (non-hydrogen) atoms. The molecule has 8 heteroatoms. The molecule has 3 aromatic rings. The van der Waals surface area contributed by atoms with Crippen molar-refractivity contribution in [3.8, 4) is 11.5 Å². The maximum absolute atomic E-state index is 13.1. The third kappa shape index (κ3) is 3.59. The van der Waals surface area contributed by atoms with Gasteiger partial charge in [0.05, 0.1) is 26.1 Å². The monoisotopic (exact) mass is 483 g/mol. The van der Waals surface area contributed by atoms with Crippen LogP contribution in [0.3, 0.4) is 0 Å². The molecule has 1 fully saturated rings. The number of rotatable bonds is 5. The van der Waals surface area contributed by atoms with Crippen LogP contribution in [0.15, 0.2) is 75.3 Å². The second-order valence-electron chi connectivity index (χ2n) is 6.73. The van der Waals surface area contributed by atoms with Crippen molar-refractivity contribution in [3.63, 3.8) is 0 Å². The zero-order chi connectivity index (χ0) is 22.1. The summed E-state index contributed by atoms with van der Waals surface area (Å²) in [7, 11) is 2.98. The Balaban J connectivity index is 1.90. The number of ether oxygens (including phenoxy) is 2. The number of anilines is 1. The van der Waals surface area contributed by atoms with Gasteiger partial charge in [0.25, 0.3) is 11.7 Å². The van der Waals surface area contributed by atoms with Gasteiger partial charge in [0, 0.05) is 21.8 Å². The quantitative estimate of drug-likeness (QED) is 0.321. The van der Waals surface area contributed by atoms with Crippen molar-refractivity contribution in [2.45, 2.75) is 6.04 Å². The molecule has 0 spiro atoms. The molecule has 0 bridgehead atoms. The van der Waals surface area contributed by atoms with E-state index in [2.05, 4.69) is 15.9 Å². The number of furan rings is 1. The van der Waals surface area contributed by atoms with Crippen molar-refractivity contribution in [3.05, 3.63) is 82.2 Å². The summed E-state index contributed by atoms with van der Waals surface area (Å²) in [4.78, 5) is 27.4. The number of hydrogen-bond donors (Lipinski definition) is 1. The summed E-state index contributed by atoms with van der Waals surface area (Å²) in [5, 5.41) is 11.0. The number of carbonyl (C=O) groups excluding carboxylic acids is 2. The summed E-state index contributed by atoms with van der Waals surface area (Å²) in [6, 6.07) is 14.0. The van der Waals surface area contributed by atoms with Crippen LogP contribution >= 0.6 is 15.9 Å². The van der Waals surface area contributed by atoms with Gasteiger partial charge in [-0.2, -0.15) is 0 Å². The average molecular weight is 484 g/mol. The van der Waals surface area contributed by atoms with Gasteiger partial charge in [0.1, 0.15) is 17.6 Å². The fourth-order valence-corrected chi connectivity index (χ4v) is 3.82. The second kappa shape index (κ2) is 8.31. The number of ketones is 1. The highest BCUT2D eigenvalue weighted by Crippen LogP contribution is 2.44. The maximum Gasteiger partial charge on any atom is 0.300 e. The van der Waals surface area contributed by atoms with Gasteiger partial charge in [-0.3, -0.25) is 14.5 Å². The third-order valence-electron chi connectivity index (χ3n) is 5.02. The van der Waals surface area contributed by atoms with Crippen LogP contribution in [-0.4, -0.2) is 31.0 Å². The van der Waals surface area contributed by atoms with Gasteiger partial charge < -0.3 is 19.0 Å². The summed E-state index contributed by atoms with van der Waals surface area (Å²) < 4.78 is 17.0. The number of Topliss-reactive ketones (excluding diaryl/α,β-unsaturated/α-hetero) is 1. The van der Waals surface area contributed by atoms with Crippen molar-refractivity contribution in [1.29, 1.82) is 0 Å². The Bertz CT molecular complexity index is 1170. The lowest BCUT2D eigenvalue weighted by atomic mass is 9.99. The van der Waals surface area contributed by atoms with Crippen molar-refractivity contribution < 1.29 is 28.6 Å². The molecule has 0 radical (unpaired) electrons. The summed E-state index contributed by atoms with van der Waals surface area (Å²) in [6.07, 6.45) is 1.45. The van der Waals surface area contributed by atoms with E-state index in [1.54, 1.807) is 54.6 Å². The minimum atomic E-state index is -0.947. The molecular weight excluding hydrogens is 466 g/mol. The molecule has 1 atom stereocenters. The molecule has 1 saturated heterocycles. The number of nitrogens with zero attached hydrogens (tertiary/aromatic N) is 1. The Morgan fingerprint density at radius 2 is 1.74 bits per heavy atom. The number of aliphatic hydroxyl groups is 1. The van der Waals surface area contributed by atoms with E-state index in [1.807, 2.05) is 0 Å². The molecule has 158 valence electrons. The van der Waals surface area contributed by atoms with Crippen LogP contribution in [0.5, 0.6) is 11.5 Å². The molecule has 1 aliphatic heterocycles. The van der Waals surface area contributed by atoms with E-state index in [1.165, 1.54) is 25.4 Å². The fraction of sp³-hybridized carbons (Fsp3) is 0.130. The first-order valence-corrected chi connectivity index (χ1v) is 10.1. The molecule has 1 aromatic heterocycles. The zero-order valence-corrected chi connectivity index (χ0v) is 18.3. The molecule has 1 unspecified atom stereocenters. The molecule has 4 rings (SSSR count). The highest BCUT2D eigenvalue weighted by molar-refractivity contribution is 9.10. The minimum absolute atomic E-state index is 0.0583. The van der Waals surface area contributed by atoms with Crippen LogP contribution < -0.4 is 14.4 Å². The second-order valence-corrected chi connectivity index (χ2v) is 7.65. The lowest BCUT2D eigenvalue weighted by molar-refractivity contribution is -0.132. The predicted octanol–water partition coefficient (Wildman–Crippen LogP) is 4.69. The summed E-state index contributed by atoms with van der Waals surface area (Å²) in [6.45, 7) is 0. The van der Waals surface area contributed by atoms with Crippen LogP contribution in [0.1, 0.15) is 17.4 Å². The highest BCUT2D eigenvalue weighted by atomic mass is 79.9. The molecule has 0 aliphatic carbocycles. The average Bonchev–Trinajstić information content (AvgIpc) is 3.40. The predicted molar refractivity (Wildman–Crippen MR) is 117 cm³/mol. The standard InChI is InChI=1S/C23H18BrNO6/c1-29-16-10-9-15(12-18(16)30-2)25-20(17-4-3-11-31-17)19(22(27)23(25)28)21(26)13-5-7-14(24)8-6-13/h3-12,20,26H,1-2H3/b21-19-. The van der Waals surface area contributed by atoms with Gasteiger partial charge in [0.15, 0.2) is 11.5 Å². The molecule has 1 aliphatic rings. The van der Waals surface area contributed by atoms with E-state index in [-0.39, 0.29) is 11.3 Å². The first-order valence-electron chi connectivity index (χ1n) is 9.28. The number of halogens is 1. The number of aliphatic hydroxyl groups excluding tert-OH is 1. The topological polar surface area (TPSA) is 89.2 Å². The minimum Gasteiger partial charge on any atom is -0.507 e. The van der Waals surface area contributed by atoms with E-state index in [9.17, 15) is 14.7 Å². The molecule has 1 N–H and O–H groups in total. The van der Waals surface area contributed by atoms with Crippen molar-refractivity contribution >= 4 is 39.1 Å². The highest BCUT2D eigenvalue weighted by Gasteiger charge is 2.48. The number of methoxy groups -OCH3 is 2. The number of hydrogen-bond acceptors (Lipinski definition) is 6. The third-order valence-corrected chi connectivity index (χ3v) is 5.55. The molecule has 7 nitrogen and oxygen atoms in total. The van der Waals surface area contributed by atoms with Crippen molar-refractivity contribution in [1.82, 2.24) is 0 Å². The van der Waals surface area contributed by atoms with Gasteiger partial charge in [-0.05, 0) is 36.4 Å². The lowest BCUT2D eigenvalue weighted by Gasteiger charge is -2.24. The van der Waals surface area contributed by atoms with E-state index in [4.69, 9.17) is 13.9 Å². The Hall–Kier alpha value is -3.52. The number of carbonyl (C=O) groups is 2. The van der Waals surface area contributed by atoms with Gasteiger partial charge >= 0.3 is 0 Å². The molecular formula is C23H18BrNO6. The summed E-state index contributed by atoms with van der Waals surface area (Å²) in [5.41, 5.74) is 0.748. The van der Waals surface area contributed by atoms with Crippen LogP contribution in [0.25, 0.3) is 5.76 Å². The first-order chi connectivity index (χ1) is 15.0. The van der Waals surface area contributed by atoms with Crippen molar-refractivity contribution in [2.75, 3.05) is 19.1 Å². The molecule has 2 aromatic carbocycles. The normalized spacial score (nSPS) is 17.8. The SMILES string of the molecule is COc1ccc(N2C(=O)C(=O)/C(=C(\O)c3ccc(Br)cc3)C2c2ccco2)cc1OC.